The first-order valence-corrected chi connectivity index (χ1v) is 7.57. The fraction of sp³-hybridized carbons (Fsp3) is 0.250. The van der Waals surface area contributed by atoms with Crippen molar-refractivity contribution in [2.24, 2.45) is 0 Å². The highest BCUT2D eigenvalue weighted by molar-refractivity contribution is 9.09. The molecular weight excluding hydrogens is 318 g/mol. The van der Waals surface area contributed by atoms with Crippen molar-refractivity contribution in [2.45, 2.75) is 19.3 Å². The highest BCUT2D eigenvalue weighted by atomic mass is 79.9. The number of benzene rings is 2. The Labute approximate surface area is 125 Å². The minimum absolute atomic E-state index is 0.0105. The van der Waals surface area contributed by atoms with Crippen LogP contribution in [-0.2, 0) is 10.2 Å². The Bertz CT molecular complexity index is 762. The molecule has 0 fully saturated rings. The van der Waals surface area contributed by atoms with E-state index in [2.05, 4.69) is 29.8 Å². The summed E-state index contributed by atoms with van der Waals surface area (Å²) in [5.74, 6) is 0.280. The summed E-state index contributed by atoms with van der Waals surface area (Å²) in [5, 5.41) is 12.1. The van der Waals surface area contributed by atoms with Gasteiger partial charge in [0.25, 0.3) is 0 Å². The van der Waals surface area contributed by atoms with Crippen molar-refractivity contribution in [3.63, 3.8) is 0 Å². The molecule has 2 aromatic carbocycles. The molecule has 0 spiro atoms. The zero-order valence-electron chi connectivity index (χ0n) is 11.4. The number of carbonyl (C=O) groups excluding carboxylic acids is 1. The molecule has 1 aliphatic rings. The predicted molar refractivity (Wildman–Crippen MR) is 83.4 cm³/mol. The Morgan fingerprint density at radius 3 is 2.70 bits per heavy atom. The van der Waals surface area contributed by atoms with Crippen LogP contribution < -0.4 is 0 Å². The molecule has 20 heavy (non-hydrogen) atoms. The average Bonchev–Trinajstić information content (AvgIpc) is 2.70. The molecule has 0 aliphatic carbocycles. The van der Waals surface area contributed by atoms with E-state index in [9.17, 15) is 9.90 Å². The fourth-order valence-electron chi connectivity index (χ4n) is 2.94. The molecule has 0 unspecified atom stereocenters. The van der Waals surface area contributed by atoms with Crippen molar-refractivity contribution >= 4 is 44.5 Å². The minimum Gasteiger partial charge on any atom is -0.507 e. The molecule has 0 radical (unpaired) electrons. The lowest BCUT2D eigenvalue weighted by Crippen LogP contribution is -2.20. The Hall–Kier alpha value is -1.68. The molecule has 0 saturated heterocycles. The van der Waals surface area contributed by atoms with Gasteiger partial charge in [-0.15, -0.1) is 4.58 Å². The van der Waals surface area contributed by atoms with Crippen LogP contribution in [0.25, 0.3) is 10.8 Å². The average molecular weight is 333 g/mol. The van der Waals surface area contributed by atoms with Crippen LogP contribution in [0.5, 0.6) is 5.75 Å². The number of phenolic OH excluding ortho intramolecular Hbond substituents is 1. The van der Waals surface area contributed by atoms with E-state index in [4.69, 9.17) is 0 Å². The molecule has 3 rings (SSSR count). The van der Waals surface area contributed by atoms with Gasteiger partial charge in [-0.1, -0.05) is 28.1 Å². The summed E-state index contributed by atoms with van der Waals surface area (Å²) >= 11 is 3.22. The van der Waals surface area contributed by atoms with Gasteiger partial charge in [0.05, 0.1) is 5.41 Å². The second-order valence-corrected chi connectivity index (χ2v) is 6.14. The SMILES string of the molecule is CC1(C)C=[N+](C(=O)CBr)c2ccc3c(O)cccc3c21. The summed E-state index contributed by atoms with van der Waals surface area (Å²) in [4.78, 5) is 12.1. The van der Waals surface area contributed by atoms with Crippen LogP contribution in [0.3, 0.4) is 0 Å². The van der Waals surface area contributed by atoms with E-state index in [1.165, 1.54) is 0 Å². The van der Waals surface area contributed by atoms with Crippen molar-refractivity contribution in [1.82, 2.24) is 0 Å². The molecule has 3 nitrogen and oxygen atoms in total. The fourth-order valence-corrected chi connectivity index (χ4v) is 3.21. The summed E-state index contributed by atoms with van der Waals surface area (Å²) in [7, 11) is 0. The third kappa shape index (κ3) is 1.79. The number of nitrogens with zero attached hydrogens (tertiary/aromatic N) is 1. The van der Waals surface area contributed by atoms with Crippen molar-refractivity contribution < 1.29 is 14.5 Å². The smallest absolute Gasteiger partial charge is 0.403 e. The molecule has 1 amide bonds. The number of amides is 1. The molecule has 0 saturated carbocycles. The lowest BCUT2D eigenvalue weighted by molar-refractivity contribution is -0.357. The molecule has 2 aromatic rings. The zero-order chi connectivity index (χ0) is 14.5. The van der Waals surface area contributed by atoms with Gasteiger partial charge in [-0.2, -0.15) is 0 Å². The number of fused-ring (bicyclic) bond motifs is 3. The third-order valence-electron chi connectivity index (χ3n) is 3.76. The molecule has 1 aliphatic heterocycles. The number of rotatable bonds is 1. The Morgan fingerprint density at radius 1 is 1.25 bits per heavy atom. The Kier molecular flexibility index (Phi) is 2.94. The quantitative estimate of drug-likeness (QED) is 0.641. The van der Waals surface area contributed by atoms with Gasteiger partial charge >= 0.3 is 5.91 Å². The first-order valence-electron chi connectivity index (χ1n) is 6.45. The van der Waals surface area contributed by atoms with Crippen LogP contribution in [0.4, 0.5) is 5.69 Å². The molecule has 4 heteroatoms. The van der Waals surface area contributed by atoms with Crippen molar-refractivity contribution in [3.8, 4) is 5.75 Å². The van der Waals surface area contributed by atoms with Gasteiger partial charge in [0, 0.05) is 17.0 Å². The molecule has 0 atom stereocenters. The van der Waals surface area contributed by atoms with Gasteiger partial charge in [-0.25, -0.2) is 4.79 Å². The van der Waals surface area contributed by atoms with E-state index >= 15 is 0 Å². The van der Waals surface area contributed by atoms with Gasteiger partial charge < -0.3 is 5.11 Å². The molecule has 1 heterocycles. The summed E-state index contributed by atoms with van der Waals surface area (Å²) in [5.41, 5.74) is 1.73. The normalized spacial score (nSPS) is 16.1. The van der Waals surface area contributed by atoms with E-state index < -0.39 is 0 Å². The molecule has 0 aromatic heterocycles. The number of alkyl halides is 1. The maximum absolute atomic E-state index is 12.1. The maximum atomic E-state index is 12.1. The monoisotopic (exact) mass is 332 g/mol. The first kappa shape index (κ1) is 13.3. The van der Waals surface area contributed by atoms with Crippen LogP contribution in [-0.4, -0.2) is 27.1 Å². The van der Waals surface area contributed by atoms with E-state index in [0.29, 0.717) is 0 Å². The van der Waals surface area contributed by atoms with Gasteiger partial charge in [-0.05, 0) is 31.4 Å². The van der Waals surface area contributed by atoms with Gasteiger partial charge in [0.15, 0.2) is 6.21 Å². The van der Waals surface area contributed by atoms with E-state index in [-0.39, 0.29) is 22.4 Å². The van der Waals surface area contributed by atoms with E-state index in [1.807, 2.05) is 30.5 Å². The predicted octanol–water partition coefficient (Wildman–Crippen LogP) is 3.47. The topological polar surface area (TPSA) is 40.3 Å². The van der Waals surface area contributed by atoms with E-state index in [0.717, 1.165) is 22.0 Å². The third-order valence-corrected chi connectivity index (χ3v) is 4.23. The lowest BCUT2D eigenvalue weighted by Gasteiger charge is -2.14. The Balaban J connectivity index is 2.36. The second kappa shape index (κ2) is 4.42. The number of hydrogen-bond donors (Lipinski definition) is 1. The highest BCUT2D eigenvalue weighted by Gasteiger charge is 2.41. The molecule has 1 N–H and O–H groups in total. The minimum atomic E-state index is -0.250. The van der Waals surface area contributed by atoms with Crippen molar-refractivity contribution in [2.75, 3.05) is 5.33 Å². The van der Waals surface area contributed by atoms with Crippen LogP contribution in [0.2, 0.25) is 0 Å². The number of phenols is 1. The second-order valence-electron chi connectivity index (χ2n) is 5.58. The summed E-state index contributed by atoms with van der Waals surface area (Å²) in [6.45, 7) is 4.16. The van der Waals surface area contributed by atoms with E-state index in [1.54, 1.807) is 10.6 Å². The summed E-state index contributed by atoms with van der Waals surface area (Å²) in [6.07, 6.45) is 1.95. The zero-order valence-corrected chi connectivity index (χ0v) is 12.9. The summed E-state index contributed by atoms with van der Waals surface area (Å²) in [6, 6.07) is 9.28. The number of halogens is 1. The largest absolute Gasteiger partial charge is 0.507 e. The lowest BCUT2D eigenvalue weighted by atomic mass is 9.83. The highest BCUT2D eigenvalue weighted by Crippen LogP contribution is 2.42. The van der Waals surface area contributed by atoms with Gasteiger partial charge in [0.2, 0.25) is 5.69 Å². The number of aromatic hydroxyl groups is 1. The van der Waals surface area contributed by atoms with Crippen LogP contribution in [0.15, 0.2) is 30.3 Å². The van der Waals surface area contributed by atoms with Gasteiger partial charge in [-0.3, -0.25) is 0 Å². The Morgan fingerprint density at radius 2 is 2.00 bits per heavy atom. The van der Waals surface area contributed by atoms with Crippen LogP contribution in [0, 0.1) is 0 Å². The number of carbonyl (C=O) groups is 1. The standard InChI is InChI=1S/C16H14BrNO2/c1-16(2)9-18(14(20)8-17)12-7-6-10-11(15(12)16)4-3-5-13(10)19/h3-7,9H,8H2,1-2H3/p+1. The number of hydrogen-bond acceptors (Lipinski definition) is 2. The van der Waals surface area contributed by atoms with Crippen LogP contribution in [0.1, 0.15) is 19.4 Å². The molecule has 0 bridgehead atoms. The van der Waals surface area contributed by atoms with Crippen molar-refractivity contribution in [3.05, 3.63) is 35.9 Å². The van der Waals surface area contributed by atoms with Crippen LogP contribution >= 0.6 is 15.9 Å². The van der Waals surface area contributed by atoms with Crippen molar-refractivity contribution in [1.29, 1.82) is 0 Å². The summed E-state index contributed by atoms with van der Waals surface area (Å²) < 4.78 is 1.70. The molecular formula is C16H15BrNO2+. The maximum Gasteiger partial charge on any atom is 0.403 e. The molecule has 102 valence electrons. The van der Waals surface area contributed by atoms with Gasteiger partial charge in [0.1, 0.15) is 11.1 Å². The first-order chi connectivity index (χ1) is 9.45.